The summed E-state index contributed by atoms with van der Waals surface area (Å²) < 4.78 is 6.99. The number of benzene rings is 1. The van der Waals surface area contributed by atoms with Gasteiger partial charge in [-0.1, -0.05) is 54.4 Å². The number of carbonyl (C=O) groups is 2. The van der Waals surface area contributed by atoms with Crippen molar-refractivity contribution in [3.8, 4) is 11.4 Å². The van der Waals surface area contributed by atoms with E-state index in [2.05, 4.69) is 46.9 Å². The lowest BCUT2D eigenvalue weighted by Gasteiger charge is -2.24. The van der Waals surface area contributed by atoms with Crippen LogP contribution in [0.5, 0.6) is 5.75 Å². The second kappa shape index (κ2) is 11.9. The number of amides is 2. The molecule has 0 unspecified atom stereocenters. The number of anilines is 1. The van der Waals surface area contributed by atoms with E-state index >= 15 is 0 Å². The number of methoxy groups -OCH3 is 1. The number of rotatable bonds is 11. The van der Waals surface area contributed by atoms with Crippen LogP contribution in [-0.4, -0.2) is 46.7 Å². The SMILES string of the molecule is CCCCCC(=O)N(CC(=O)Nc1cc(C(C)(C)C)nn1-c1ccc(OC)cc1)CC(C)C. The second-order valence-corrected chi connectivity index (χ2v) is 9.95. The summed E-state index contributed by atoms with van der Waals surface area (Å²) in [6, 6.07) is 9.42. The summed E-state index contributed by atoms with van der Waals surface area (Å²) in [5.74, 6) is 1.42. The van der Waals surface area contributed by atoms with Gasteiger partial charge in [0.25, 0.3) is 0 Å². The molecule has 182 valence electrons. The second-order valence-electron chi connectivity index (χ2n) is 9.95. The van der Waals surface area contributed by atoms with Gasteiger partial charge in [0, 0.05) is 24.4 Å². The summed E-state index contributed by atoms with van der Waals surface area (Å²) in [7, 11) is 1.62. The van der Waals surface area contributed by atoms with Crippen LogP contribution in [0.4, 0.5) is 5.82 Å². The monoisotopic (exact) mass is 456 g/mol. The van der Waals surface area contributed by atoms with Crippen LogP contribution in [0.2, 0.25) is 0 Å². The molecule has 0 radical (unpaired) electrons. The molecule has 2 amide bonds. The molecule has 0 aliphatic carbocycles. The molecule has 1 N–H and O–H groups in total. The summed E-state index contributed by atoms with van der Waals surface area (Å²) in [6.07, 6.45) is 3.41. The first-order chi connectivity index (χ1) is 15.5. The Morgan fingerprint density at radius 2 is 1.82 bits per heavy atom. The van der Waals surface area contributed by atoms with Crippen molar-refractivity contribution < 1.29 is 14.3 Å². The zero-order chi connectivity index (χ0) is 24.6. The van der Waals surface area contributed by atoms with Crippen molar-refractivity contribution in [2.45, 2.75) is 72.6 Å². The van der Waals surface area contributed by atoms with Crippen molar-refractivity contribution in [1.29, 1.82) is 0 Å². The molecule has 1 aromatic carbocycles. The highest BCUT2D eigenvalue weighted by molar-refractivity contribution is 5.94. The van der Waals surface area contributed by atoms with Gasteiger partial charge >= 0.3 is 0 Å². The van der Waals surface area contributed by atoms with Crippen LogP contribution in [0.3, 0.4) is 0 Å². The minimum Gasteiger partial charge on any atom is -0.497 e. The maximum atomic E-state index is 13.0. The number of nitrogens with zero attached hydrogens (tertiary/aromatic N) is 3. The average molecular weight is 457 g/mol. The topological polar surface area (TPSA) is 76.5 Å². The maximum Gasteiger partial charge on any atom is 0.245 e. The van der Waals surface area contributed by atoms with Crippen molar-refractivity contribution in [1.82, 2.24) is 14.7 Å². The first-order valence-corrected chi connectivity index (χ1v) is 11.9. The zero-order valence-corrected chi connectivity index (χ0v) is 21.3. The highest BCUT2D eigenvalue weighted by Crippen LogP contribution is 2.27. The summed E-state index contributed by atoms with van der Waals surface area (Å²) in [6.45, 7) is 13.1. The molecule has 0 aliphatic heterocycles. The van der Waals surface area contributed by atoms with Crippen molar-refractivity contribution in [3.63, 3.8) is 0 Å². The lowest BCUT2D eigenvalue weighted by Crippen LogP contribution is -2.40. The quantitative estimate of drug-likeness (QED) is 0.473. The third-order valence-corrected chi connectivity index (χ3v) is 5.33. The fraction of sp³-hybridized carbons (Fsp3) is 0.577. The van der Waals surface area contributed by atoms with Crippen LogP contribution in [0, 0.1) is 5.92 Å². The molecule has 0 spiro atoms. The Kier molecular flexibility index (Phi) is 9.50. The standard InChI is InChI=1S/C26H40N4O3/c1-8-9-10-11-25(32)29(17-19(2)3)18-24(31)27-23-16-22(26(4,5)6)28-30(23)20-12-14-21(33-7)15-13-20/h12-16,19H,8-11,17-18H2,1-7H3,(H,27,31). The number of hydrogen-bond donors (Lipinski definition) is 1. The van der Waals surface area contributed by atoms with Gasteiger partial charge in [0.2, 0.25) is 11.8 Å². The number of nitrogens with one attached hydrogen (secondary N) is 1. The van der Waals surface area contributed by atoms with Crippen LogP contribution in [-0.2, 0) is 15.0 Å². The van der Waals surface area contributed by atoms with Crippen molar-refractivity contribution >= 4 is 17.6 Å². The van der Waals surface area contributed by atoms with E-state index in [-0.39, 0.29) is 29.7 Å². The fourth-order valence-corrected chi connectivity index (χ4v) is 3.49. The summed E-state index contributed by atoms with van der Waals surface area (Å²) in [5.41, 5.74) is 1.50. The van der Waals surface area contributed by atoms with Gasteiger partial charge in [0.1, 0.15) is 11.6 Å². The van der Waals surface area contributed by atoms with E-state index in [0.29, 0.717) is 18.8 Å². The van der Waals surface area contributed by atoms with Gasteiger partial charge < -0.3 is 15.0 Å². The molecule has 0 saturated heterocycles. The highest BCUT2D eigenvalue weighted by atomic mass is 16.5. The van der Waals surface area contributed by atoms with Gasteiger partial charge in [-0.05, 0) is 36.6 Å². The molecule has 0 aliphatic rings. The summed E-state index contributed by atoms with van der Waals surface area (Å²) >= 11 is 0. The highest BCUT2D eigenvalue weighted by Gasteiger charge is 2.23. The molecule has 2 rings (SSSR count). The Labute approximate surface area is 198 Å². The molecule has 2 aromatic rings. The van der Waals surface area contributed by atoms with Gasteiger partial charge in [-0.15, -0.1) is 0 Å². The average Bonchev–Trinajstić information content (AvgIpc) is 3.17. The van der Waals surface area contributed by atoms with E-state index in [1.54, 1.807) is 16.7 Å². The lowest BCUT2D eigenvalue weighted by molar-refractivity contribution is -0.135. The first-order valence-electron chi connectivity index (χ1n) is 11.9. The fourth-order valence-electron chi connectivity index (χ4n) is 3.49. The molecule has 0 atom stereocenters. The van der Waals surface area contributed by atoms with Gasteiger partial charge in [-0.2, -0.15) is 5.10 Å². The Morgan fingerprint density at radius 1 is 1.15 bits per heavy atom. The molecular formula is C26H40N4O3. The smallest absolute Gasteiger partial charge is 0.245 e. The van der Waals surface area contributed by atoms with Crippen LogP contribution in [0.15, 0.2) is 30.3 Å². The van der Waals surface area contributed by atoms with E-state index in [9.17, 15) is 9.59 Å². The van der Waals surface area contributed by atoms with E-state index in [4.69, 9.17) is 9.84 Å². The number of unbranched alkanes of at least 4 members (excludes halogenated alkanes) is 2. The number of hydrogen-bond acceptors (Lipinski definition) is 4. The lowest BCUT2D eigenvalue weighted by atomic mass is 9.92. The minimum absolute atomic E-state index is 0.0295. The molecule has 7 nitrogen and oxygen atoms in total. The predicted molar refractivity (Wildman–Crippen MR) is 133 cm³/mol. The Balaban J connectivity index is 2.24. The van der Waals surface area contributed by atoms with Gasteiger partial charge in [-0.3, -0.25) is 9.59 Å². The molecule has 33 heavy (non-hydrogen) atoms. The summed E-state index contributed by atoms with van der Waals surface area (Å²) in [4.78, 5) is 27.4. The molecule has 0 bridgehead atoms. The molecule has 1 heterocycles. The van der Waals surface area contributed by atoms with Crippen molar-refractivity contribution in [3.05, 3.63) is 36.0 Å². The number of ether oxygens (including phenoxy) is 1. The van der Waals surface area contributed by atoms with Crippen LogP contribution in [0.25, 0.3) is 5.69 Å². The normalized spacial score (nSPS) is 11.5. The molecule has 1 aromatic heterocycles. The Bertz CT molecular complexity index is 911. The van der Waals surface area contributed by atoms with E-state index in [1.807, 2.05) is 30.3 Å². The first kappa shape index (κ1) is 26.4. The van der Waals surface area contributed by atoms with Crippen LogP contribution >= 0.6 is 0 Å². The Morgan fingerprint density at radius 3 is 2.36 bits per heavy atom. The van der Waals surface area contributed by atoms with Crippen LogP contribution < -0.4 is 10.1 Å². The molecule has 0 saturated carbocycles. The zero-order valence-electron chi connectivity index (χ0n) is 21.3. The van der Waals surface area contributed by atoms with Crippen LogP contribution in [0.1, 0.15) is 72.9 Å². The molecule has 0 fully saturated rings. The third-order valence-electron chi connectivity index (χ3n) is 5.33. The van der Waals surface area contributed by atoms with Crippen molar-refractivity contribution in [2.75, 3.05) is 25.5 Å². The van der Waals surface area contributed by atoms with Gasteiger partial charge in [0.05, 0.1) is 25.0 Å². The largest absolute Gasteiger partial charge is 0.497 e. The van der Waals surface area contributed by atoms with Gasteiger partial charge in [0.15, 0.2) is 0 Å². The minimum atomic E-state index is -0.227. The number of aromatic nitrogens is 2. The van der Waals surface area contributed by atoms with Crippen molar-refractivity contribution in [2.24, 2.45) is 5.92 Å². The number of carbonyl (C=O) groups excluding carboxylic acids is 2. The maximum absolute atomic E-state index is 13.0. The Hall–Kier alpha value is -2.83. The van der Waals surface area contributed by atoms with E-state index in [0.717, 1.165) is 36.4 Å². The third kappa shape index (κ3) is 7.91. The van der Waals surface area contributed by atoms with Gasteiger partial charge in [-0.25, -0.2) is 4.68 Å². The predicted octanol–water partition coefficient (Wildman–Crippen LogP) is 5.18. The molecular weight excluding hydrogens is 416 g/mol. The van der Waals surface area contributed by atoms with E-state index < -0.39 is 0 Å². The summed E-state index contributed by atoms with van der Waals surface area (Å²) in [5, 5.41) is 7.75. The molecule has 7 heteroatoms. The van der Waals surface area contributed by atoms with E-state index in [1.165, 1.54) is 0 Å².